The highest BCUT2D eigenvalue weighted by Gasteiger charge is 2.23. The van der Waals surface area contributed by atoms with Crippen LogP contribution in [0.25, 0.3) is 16.8 Å². The quantitative estimate of drug-likeness (QED) is 0.463. The number of hydrogen-bond acceptors (Lipinski definition) is 7. The summed E-state index contributed by atoms with van der Waals surface area (Å²) in [6.07, 6.45) is 7.50. The Morgan fingerprint density at radius 1 is 1.07 bits per heavy atom. The maximum Gasteiger partial charge on any atom is 0.179 e. The first-order chi connectivity index (χ1) is 14.2. The first kappa shape index (κ1) is 17.3. The third-order valence-electron chi connectivity index (χ3n) is 4.91. The first-order valence-corrected chi connectivity index (χ1v) is 9.47. The van der Waals surface area contributed by atoms with Crippen LogP contribution in [0.4, 0.5) is 23.0 Å². The van der Waals surface area contributed by atoms with Crippen LogP contribution in [0.15, 0.2) is 55.0 Å². The van der Waals surface area contributed by atoms with Gasteiger partial charge in [-0.05, 0) is 48.2 Å². The summed E-state index contributed by atoms with van der Waals surface area (Å²) in [5.41, 5.74) is 10.6. The second-order valence-electron chi connectivity index (χ2n) is 7.06. The van der Waals surface area contributed by atoms with E-state index in [0.717, 1.165) is 46.7 Å². The highest BCUT2D eigenvalue weighted by atomic mass is 16.5. The summed E-state index contributed by atoms with van der Waals surface area (Å²) in [5, 5.41) is 11.5. The standard InChI is InChI=1S/C21H21N7O/c1-29-18-5-2-14(13-6-8-23-9-7-13)10-16(18)26-20-11-17(25-15-3-4-15)21-24-12-19(22)28(21)27-20/h2,5-12,15,25H,3-4,22H2,1H3,(H,26,27). The van der Waals surface area contributed by atoms with Crippen molar-refractivity contribution in [3.05, 3.63) is 55.0 Å². The van der Waals surface area contributed by atoms with E-state index in [1.165, 1.54) is 0 Å². The molecule has 1 fully saturated rings. The fraction of sp³-hybridized carbons (Fsp3) is 0.190. The summed E-state index contributed by atoms with van der Waals surface area (Å²) in [5.74, 6) is 1.86. The molecule has 29 heavy (non-hydrogen) atoms. The number of nitrogens with one attached hydrogen (secondary N) is 2. The molecule has 0 amide bonds. The van der Waals surface area contributed by atoms with Gasteiger partial charge in [0.25, 0.3) is 0 Å². The predicted octanol–water partition coefficient (Wildman–Crippen LogP) is 3.70. The molecule has 5 rings (SSSR count). The highest BCUT2D eigenvalue weighted by Crippen LogP contribution is 2.34. The molecule has 8 nitrogen and oxygen atoms in total. The smallest absolute Gasteiger partial charge is 0.179 e. The van der Waals surface area contributed by atoms with Crippen LogP contribution >= 0.6 is 0 Å². The molecule has 8 heteroatoms. The number of nitrogens with zero attached hydrogens (tertiary/aromatic N) is 4. The molecule has 3 heterocycles. The summed E-state index contributed by atoms with van der Waals surface area (Å²) in [7, 11) is 1.65. The molecule has 0 unspecified atom stereocenters. The van der Waals surface area contributed by atoms with Gasteiger partial charge < -0.3 is 21.1 Å². The second-order valence-corrected chi connectivity index (χ2v) is 7.06. The third kappa shape index (κ3) is 3.40. The zero-order valence-electron chi connectivity index (χ0n) is 16.0. The second kappa shape index (κ2) is 6.97. The molecule has 1 saturated carbocycles. The maximum absolute atomic E-state index is 6.06. The van der Waals surface area contributed by atoms with Crippen LogP contribution in [0.2, 0.25) is 0 Å². The number of rotatable bonds is 6. The van der Waals surface area contributed by atoms with E-state index in [1.807, 2.05) is 36.4 Å². The third-order valence-corrected chi connectivity index (χ3v) is 4.91. The van der Waals surface area contributed by atoms with Gasteiger partial charge in [-0.15, -0.1) is 5.10 Å². The molecule has 0 radical (unpaired) electrons. The van der Waals surface area contributed by atoms with E-state index in [-0.39, 0.29) is 0 Å². The number of nitrogen functional groups attached to an aromatic ring is 1. The van der Waals surface area contributed by atoms with Gasteiger partial charge in [-0.1, -0.05) is 6.07 Å². The normalized spacial score (nSPS) is 13.4. The molecular formula is C21H21N7O. The van der Waals surface area contributed by atoms with E-state index in [0.29, 0.717) is 17.7 Å². The molecule has 1 aromatic carbocycles. The summed E-state index contributed by atoms with van der Waals surface area (Å²) in [6, 6.07) is 12.4. The Morgan fingerprint density at radius 2 is 1.90 bits per heavy atom. The molecule has 0 bridgehead atoms. The van der Waals surface area contributed by atoms with Crippen LogP contribution in [0.3, 0.4) is 0 Å². The van der Waals surface area contributed by atoms with Gasteiger partial charge in [0, 0.05) is 24.5 Å². The van der Waals surface area contributed by atoms with Gasteiger partial charge in [-0.25, -0.2) is 4.98 Å². The van der Waals surface area contributed by atoms with E-state index >= 15 is 0 Å². The van der Waals surface area contributed by atoms with Gasteiger partial charge in [-0.3, -0.25) is 4.98 Å². The number of aromatic nitrogens is 4. The van der Waals surface area contributed by atoms with E-state index in [9.17, 15) is 0 Å². The fourth-order valence-corrected chi connectivity index (χ4v) is 3.27. The van der Waals surface area contributed by atoms with Gasteiger partial charge in [0.15, 0.2) is 11.5 Å². The Balaban J connectivity index is 1.55. The number of ether oxygens (including phenoxy) is 1. The van der Waals surface area contributed by atoms with Gasteiger partial charge >= 0.3 is 0 Å². The Labute approximate surface area is 167 Å². The molecule has 0 spiro atoms. The lowest BCUT2D eigenvalue weighted by Crippen LogP contribution is -2.08. The molecule has 1 aliphatic rings. The summed E-state index contributed by atoms with van der Waals surface area (Å²) in [4.78, 5) is 8.48. The minimum Gasteiger partial charge on any atom is -0.495 e. The van der Waals surface area contributed by atoms with Gasteiger partial charge in [0.2, 0.25) is 0 Å². The number of pyridine rings is 1. The van der Waals surface area contributed by atoms with Gasteiger partial charge in [-0.2, -0.15) is 4.52 Å². The van der Waals surface area contributed by atoms with E-state index < -0.39 is 0 Å². The number of benzene rings is 1. The first-order valence-electron chi connectivity index (χ1n) is 9.47. The number of fused-ring (bicyclic) bond motifs is 1. The molecule has 4 aromatic rings. The number of methoxy groups -OCH3 is 1. The van der Waals surface area contributed by atoms with Crippen molar-refractivity contribution in [3.8, 4) is 16.9 Å². The predicted molar refractivity (Wildman–Crippen MR) is 114 cm³/mol. The average Bonchev–Trinajstić information content (AvgIpc) is 3.49. The molecule has 0 aliphatic heterocycles. The SMILES string of the molecule is COc1ccc(-c2ccncc2)cc1Nc1cc(NC2CC2)c2ncc(N)n2n1. The molecule has 0 atom stereocenters. The molecule has 4 N–H and O–H groups in total. The number of imidazole rings is 1. The van der Waals surface area contributed by atoms with Crippen molar-refractivity contribution in [2.45, 2.75) is 18.9 Å². The average molecular weight is 387 g/mol. The van der Waals surface area contributed by atoms with Crippen molar-refractivity contribution in [3.63, 3.8) is 0 Å². The monoisotopic (exact) mass is 387 g/mol. The van der Waals surface area contributed by atoms with Crippen LogP contribution in [0.1, 0.15) is 12.8 Å². The van der Waals surface area contributed by atoms with Crippen LogP contribution in [-0.4, -0.2) is 32.7 Å². The lowest BCUT2D eigenvalue weighted by molar-refractivity contribution is 0.417. The maximum atomic E-state index is 6.06. The number of hydrogen-bond donors (Lipinski definition) is 3. The molecule has 3 aromatic heterocycles. The van der Waals surface area contributed by atoms with Crippen molar-refractivity contribution < 1.29 is 4.74 Å². The Hall–Kier alpha value is -3.81. The molecule has 146 valence electrons. The lowest BCUT2D eigenvalue weighted by atomic mass is 10.1. The number of anilines is 4. The summed E-state index contributed by atoms with van der Waals surface area (Å²) in [6.45, 7) is 0. The van der Waals surface area contributed by atoms with Crippen LogP contribution in [-0.2, 0) is 0 Å². The van der Waals surface area contributed by atoms with Crippen molar-refractivity contribution >= 4 is 28.7 Å². The van der Waals surface area contributed by atoms with Crippen molar-refractivity contribution in [2.75, 3.05) is 23.5 Å². The zero-order chi connectivity index (χ0) is 19.8. The van der Waals surface area contributed by atoms with Crippen LogP contribution < -0.4 is 21.1 Å². The molecule has 0 saturated heterocycles. The van der Waals surface area contributed by atoms with E-state index in [2.05, 4.69) is 25.7 Å². The summed E-state index contributed by atoms with van der Waals surface area (Å²) >= 11 is 0. The topological polar surface area (TPSA) is 102 Å². The van der Waals surface area contributed by atoms with E-state index in [1.54, 1.807) is 30.2 Å². The van der Waals surface area contributed by atoms with Crippen molar-refractivity contribution in [1.82, 2.24) is 19.6 Å². The Kier molecular flexibility index (Phi) is 4.16. The van der Waals surface area contributed by atoms with E-state index in [4.69, 9.17) is 10.5 Å². The Morgan fingerprint density at radius 3 is 2.66 bits per heavy atom. The minimum atomic E-state index is 0.483. The lowest BCUT2D eigenvalue weighted by Gasteiger charge is -2.14. The van der Waals surface area contributed by atoms with Crippen molar-refractivity contribution in [2.24, 2.45) is 0 Å². The highest BCUT2D eigenvalue weighted by molar-refractivity contribution is 5.78. The minimum absolute atomic E-state index is 0.483. The summed E-state index contributed by atoms with van der Waals surface area (Å²) < 4.78 is 7.19. The van der Waals surface area contributed by atoms with Crippen LogP contribution in [0.5, 0.6) is 5.75 Å². The van der Waals surface area contributed by atoms with Gasteiger partial charge in [0.05, 0.1) is 24.7 Å². The van der Waals surface area contributed by atoms with Crippen molar-refractivity contribution in [1.29, 1.82) is 0 Å². The Bertz CT molecular complexity index is 1170. The van der Waals surface area contributed by atoms with Gasteiger partial charge in [0.1, 0.15) is 11.6 Å². The zero-order valence-corrected chi connectivity index (χ0v) is 16.0. The fourth-order valence-electron chi connectivity index (χ4n) is 3.27. The molecular weight excluding hydrogens is 366 g/mol. The van der Waals surface area contributed by atoms with Crippen LogP contribution in [0, 0.1) is 0 Å². The number of nitrogens with two attached hydrogens (primary N) is 1. The molecule has 1 aliphatic carbocycles. The largest absolute Gasteiger partial charge is 0.495 e.